The lowest BCUT2D eigenvalue weighted by Gasteiger charge is -2.34. The van der Waals surface area contributed by atoms with Gasteiger partial charge in [0.25, 0.3) is 5.91 Å². The Morgan fingerprint density at radius 2 is 1.95 bits per heavy atom. The molecular weight excluding hydrogens is 511 g/mol. The Labute approximate surface area is 228 Å². The van der Waals surface area contributed by atoms with E-state index < -0.39 is 54.0 Å². The number of carbonyl (C=O) groups excluding carboxylic acids is 3. The van der Waals surface area contributed by atoms with Crippen molar-refractivity contribution < 1.29 is 33.2 Å². The third-order valence-electron chi connectivity index (χ3n) is 6.57. The van der Waals surface area contributed by atoms with Gasteiger partial charge in [-0.05, 0) is 67.4 Å². The molecule has 2 atom stereocenters. The van der Waals surface area contributed by atoms with Gasteiger partial charge in [-0.25, -0.2) is 15.2 Å². The molecule has 0 spiro atoms. The molecule has 2 N–H and O–H groups in total. The van der Waals surface area contributed by atoms with E-state index in [1.165, 1.54) is 23.5 Å². The van der Waals surface area contributed by atoms with Gasteiger partial charge in [0.2, 0.25) is 0 Å². The van der Waals surface area contributed by atoms with Crippen LogP contribution in [-0.4, -0.2) is 77.6 Å². The summed E-state index contributed by atoms with van der Waals surface area (Å²) >= 11 is 1.37. The van der Waals surface area contributed by atoms with Crippen molar-refractivity contribution in [3.8, 4) is 0 Å². The zero-order chi connectivity index (χ0) is 28.3. The van der Waals surface area contributed by atoms with E-state index in [1.807, 2.05) is 45.1 Å². The first kappa shape index (κ1) is 30.1. The summed E-state index contributed by atoms with van der Waals surface area (Å²) in [6, 6.07) is -1.59. The number of esters is 1. The summed E-state index contributed by atoms with van der Waals surface area (Å²) in [6.45, 7) is 13.6. The van der Waals surface area contributed by atoms with Crippen LogP contribution in [0.1, 0.15) is 72.0 Å². The maximum absolute atomic E-state index is 13.5. The highest BCUT2D eigenvalue weighted by molar-refractivity contribution is 7.09. The molecule has 38 heavy (non-hydrogen) atoms. The van der Waals surface area contributed by atoms with E-state index in [2.05, 4.69) is 15.7 Å². The summed E-state index contributed by atoms with van der Waals surface area (Å²) in [6.07, 6.45) is 2.41. The van der Waals surface area contributed by atoms with Gasteiger partial charge < -0.3 is 24.1 Å². The fourth-order valence-electron chi connectivity index (χ4n) is 3.91. The SMILES string of the molecule is COC(=O)[C@@H]1CCCN(C(=O)[C@H](Cc2nc(/C=C/B3OC(C)(C)C(C)(C)O3)cs2)NC(=O)OC(C)(C)C)N1. The Morgan fingerprint density at radius 3 is 2.55 bits per heavy atom. The predicted molar refractivity (Wildman–Crippen MR) is 144 cm³/mol. The van der Waals surface area contributed by atoms with Crippen LogP contribution in [0.4, 0.5) is 4.79 Å². The van der Waals surface area contributed by atoms with Crippen LogP contribution < -0.4 is 10.7 Å². The zero-order valence-corrected chi connectivity index (χ0v) is 24.3. The van der Waals surface area contributed by atoms with Gasteiger partial charge in [0.15, 0.2) is 0 Å². The lowest BCUT2D eigenvalue weighted by molar-refractivity contribution is -0.150. The molecule has 0 unspecified atom stereocenters. The summed E-state index contributed by atoms with van der Waals surface area (Å²) in [4.78, 5) is 42.7. The Hall–Kier alpha value is -2.48. The molecule has 0 radical (unpaired) electrons. The summed E-state index contributed by atoms with van der Waals surface area (Å²) < 4.78 is 22.2. The number of nitrogens with one attached hydrogen (secondary N) is 2. The van der Waals surface area contributed by atoms with Gasteiger partial charge in [-0.3, -0.25) is 14.6 Å². The van der Waals surface area contributed by atoms with E-state index in [0.29, 0.717) is 30.1 Å². The molecule has 2 aliphatic heterocycles. The number of nitrogens with zero attached hydrogens (tertiary/aromatic N) is 2. The molecule has 3 rings (SSSR count). The van der Waals surface area contributed by atoms with Gasteiger partial charge in [0, 0.05) is 18.3 Å². The van der Waals surface area contributed by atoms with Crippen LogP contribution in [0.2, 0.25) is 0 Å². The van der Waals surface area contributed by atoms with E-state index >= 15 is 0 Å². The first-order chi connectivity index (χ1) is 17.6. The topological polar surface area (TPSA) is 128 Å². The van der Waals surface area contributed by atoms with Gasteiger partial charge in [-0.1, -0.05) is 5.98 Å². The van der Waals surface area contributed by atoms with Gasteiger partial charge in [0.05, 0.1) is 29.0 Å². The number of hydrogen-bond acceptors (Lipinski definition) is 10. The minimum atomic E-state index is -0.958. The number of hydrogen-bond donors (Lipinski definition) is 2. The van der Waals surface area contributed by atoms with Crippen LogP contribution in [0.25, 0.3) is 6.08 Å². The highest BCUT2D eigenvalue weighted by atomic mass is 32.1. The lowest BCUT2D eigenvalue weighted by Crippen LogP contribution is -2.60. The highest BCUT2D eigenvalue weighted by Gasteiger charge is 2.50. The number of hydrazine groups is 1. The molecule has 13 heteroatoms. The molecule has 1 aromatic rings. The Kier molecular flexibility index (Phi) is 9.28. The Morgan fingerprint density at radius 1 is 1.29 bits per heavy atom. The average molecular weight is 550 g/mol. The minimum absolute atomic E-state index is 0.147. The maximum Gasteiger partial charge on any atom is 0.487 e. The van der Waals surface area contributed by atoms with Crippen molar-refractivity contribution in [1.82, 2.24) is 20.7 Å². The molecule has 2 aliphatic rings. The summed E-state index contributed by atoms with van der Waals surface area (Å²) in [5.41, 5.74) is 2.00. The number of carbonyl (C=O) groups is 3. The Balaban J connectivity index is 1.72. The maximum atomic E-state index is 13.5. The quantitative estimate of drug-likeness (QED) is 0.389. The number of alkyl carbamates (subject to hydrolysis) is 1. The van der Waals surface area contributed by atoms with Crippen molar-refractivity contribution in [2.45, 2.75) is 96.6 Å². The molecule has 0 bridgehead atoms. The molecule has 210 valence electrons. The van der Waals surface area contributed by atoms with Crippen molar-refractivity contribution >= 4 is 42.5 Å². The van der Waals surface area contributed by atoms with Gasteiger partial charge in [-0.2, -0.15) is 0 Å². The molecule has 0 aromatic carbocycles. The third kappa shape index (κ3) is 7.78. The van der Waals surface area contributed by atoms with Crippen LogP contribution >= 0.6 is 11.3 Å². The number of amides is 2. The normalized spacial score (nSPS) is 21.8. The van der Waals surface area contributed by atoms with E-state index in [1.54, 1.807) is 20.8 Å². The van der Waals surface area contributed by atoms with Gasteiger partial charge >= 0.3 is 19.2 Å². The molecule has 0 aliphatic carbocycles. The number of ether oxygens (including phenoxy) is 2. The van der Waals surface area contributed by atoms with Crippen molar-refractivity contribution in [3.05, 3.63) is 22.1 Å². The van der Waals surface area contributed by atoms with Crippen LogP contribution in [0.5, 0.6) is 0 Å². The second kappa shape index (κ2) is 11.7. The summed E-state index contributed by atoms with van der Waals surface area (Å²) in [7, 11) is 0.806. The fourth-order valence-corrected chi connectivity index (χ4v) is 4.72. The Bertz CT molecular complexity index is 1040. The fraction of sp³-hybridized carbons (Fsp3) is 0.680. The molecule has 11 nitrogen and oxygen atoms in total. The summed E-state index contributed by atoms with van der Waals surface area (Å²) in [5.74, 6) is 0.966. The van der Waals surface area contributed by atoms with Gasteiger partial charge in [-0.15, -0.1) is 11.3 Å². The highest BCUT2D eigenvalue weighted by Crippen LogP contribution is 2.37. The first-order valence-electron chi connectivity index (χ1n) is 12.7. The van der Waals surface area contributed by atoms with E-state index in [-0.39, 0.29) is 6.42 Å². The third-order valence-corrected chi connectivity index (χ3v) is 7.46. The molecule has 3 heterocycles. The number of rotatable bonds is 7. The molecule has 0 saturated carbocycles. The summed E-state index contributed by atoms with van der Waals surface area (Å²) in [5, 5.41) is 6.55. The standard InChI is InChI=1S/C25H39BN4O7S/c1-23(2,3)35-22(33)28-18(20(31)30-13-9-10-17(29-30)21(32)34-8)14-19-27-16(15-38-19)11-12-26-36-24(4,5)25(6,7)37-26/h11-12,15,17-18,29H,9-10,13-14H2,1-8H3,(H,28,33)/b12-11+/t17-,18-/m0/s1. The zero-order valence-electron chi connectivity index (χ0n) is 23.5. The number of aromatic nitrogens is 1. The van der Waals surface area contributed by atoms with Crippen molar-refractivity contribution in [2.24, 2.45) is 0 Å². The van der Waals surface area contributed by atoms with Crippen LogP contribution in [0.3, 0.4) is 0 Å². The van der Waals surface area contributed by atoms with Gasteiger partial charge in [0.1, 0.15) is 17.7 Å². The molecule has 2 saturated heterocycles. The molecule has 2 amide bonds. The van der Waals surface area contributed by atoms with Crippen molar-refractivity contribution in [1.29, 1.82) is 0 Å². The van der Waals surface area contributed by atoms with Crippen molar-refractivity contribution in [2.75, 3.05) is 13.7 Å². The number of thiazole rings is 1. The minimum Gasteiger partial charge on any atom is -0.468 e. The molecule has 2 fully saturated rings. The molecular formula is C25H39BN4O7S. The van der Waals surface area contributed by atoms with E-state index in [9.17, 15) is 14.4 Å². The van der Waals surface area contributed by atoms with Crippen molar-refractivity contribution in [3.63, 3.8) is 0 Å². The molecule has 1 aromatic heterocycles. The van der Waals surface area contributed by atoms with E-state index in [0.717, 1.165) is 0 Å². The van der Waals surface area contributed by atoms with E-state index in [4.69, 9.17) is 18.8 Å². The smallest absolute Gasteiger partial charge is 0.468 e. The lowest BCUT2D eigenvalue weighted by atomic mass is 9.90. The van der Waals surface area contributed by atoms with Crippen LogP contribution in [-0.2, 0) is 34.8 Å². The van der Waals surface area contributed by atoms with Crippen LogP contribution in [0, 0.1) is 0 Å². The first-order valence-corrected chi connectivity index (χ1v) is 13.6. The largest absolute Gasteiger partial charge is 0.487 e. The van der Waals surface area contributed by atoms with Crippen LogP contribution in [0.15, 0.2) is 11.4 Å². The number of methoxy groups -OCH3 is 1. The second-order valence-electron chi connectivity index (χ2n) is 11.4. The second-order valence-corrected chi connectivity index (χ2v) is 12.3. The predicted octanol–water partition coefficient (Wildman–Crippen LogP) is 2.89. The average Bonchev–Trinajstić information content (AvgIpc) is 3.34. The monoisotopic (exact) mass is 550 g/mol.